The Morgan fingerprint density at radius 2 is 2.00 bits per heavy atom. The lowest BCUT2D eigenvalue weighted by Gasteiger charge is -2.36. The van der Waals surface area contributed by atoms with Gasteiger partial charge in [-0.3, -0.25) is 4.90 Å². The Balaban J connectivity index is 1.65. The zero-order chi connectivity index (χ0) is 14.8. The minimum Gasteiger partial charge on any atom is -0.315 e. The van der Waals surface area contributed by atoms with E-state index in [4.69, 9.17) is 0 Å². The minimum atomic E-state index is 0.780. The Hall–Kier alpha value is -0.860. The highest BCUT2D eigenvalue weighted by atomic mass is 15.2. The number of benzene rings is 1. The SMILES string of the molecule is CCCNCC1CCCCN1CCCCc1ccccc1. The van der Waals surface area contributed by atoms with Crippen LogP contribution in [0.1, 0.15) is 51.0 Å². The number of aryl methyl sites for hydroxylation is 1. The molecule has 0 radical (unpaired) electrons. The standard InChI is InChI=1S/C19H32N2/c1-2-14-20-17-19-13-7-9-16-21(19)15-8-6-12-18-10-4-3-5-11-18/h3-5,10-11,19-20H,2,6-9,12-17H2,1H3. The summed E-state index contributed by atoms with van der Waals surface area (Å²) in [4.78, 5) is 2.73. The molecule has 0 aliphatic carbocycles. The van der Waals surface area contributed by atoms with E-state index in [0.29, 0.717) is 0 Å². The van der Waals surface area contributed by atoms with Gasteiger partial charge in [0, 0.05) is 12.6 Å². The van der Waals surface area contributed by atoms with Crippen molar-refractivity contribution < 1.29 is 0 Å². The van der Waals surface area contributed by atoms with Gasteiger partial charge in [-0.15, -0.1) is 0 Å². The quantitative estimate of drug-likeness (QED) is 0.694. The van der Waals surface area contributed by atoms with Crippen LogP contribution in [-0.2, 0) is 6.42 Å². The van der Waals surface area contributed by atoms with E-state index in [0.717, 1.165) is 6.04 Å². The van der Waals surface area contributed by atoms with Gasteiger partial charge in [0.05, 0.1) is 0 Å². The van der Waals surface area contributed by atoms with E-state index in [1.165, 1.54) is 76.7 Å². The van der Waals surface area contributed by atoms with E-state index in [-0.39, 0.29) is 0 Å². The van der Waals surface area contributed by atoms with Crippen molar-refractivity contribution >= 4 is 0 Å². The van der Waals surface area contributed by atoms with Crippen LogP contribution in [0.25, 0.3) is 0 Å². The van der Waals surface area contributed by atoms with Gasteiger partial charge in [0.1, 0.15) is 0 Å². The molecule has 1 saturated heterocycles. The lowest BCUT2D eigenvalue weighted by Crippen LogP contribution is -2.45. The molecule has 0 bridgehead atoms. The maximum atomic E-state index is 3.61. The summed E-state index contributed by atoms with van der Waals surface area (Å²) in [5, 5.41) is 3.61. The second kappa shape index (κ2) is 9.97. The molecule has 0 amide bonds. The Kier molecular flexibility index (Phi) is 7.83. The van der Waals surface area contributed by atoms with Crippen molar-refractivity contribution in [3.63, 3.8) is 0 Å². The number of nitrogens with one attached hydrogen (secondary N) is 1. The topological polar surface area (TPSA) is 15.3 Å². The fraction of sp³-hybridized carbons (Fsp3) is 0.684. The van der Waals surface area contributed by atoms with E-state index in [1.54, 1.807) is 0 Å². The van der Waals surface area contributed by atoms with E-state index in [9.17, 15) is 0 Å². The Morgan fingerprint density at radius 1 is 1.14 bits per heavy atom. The molecule has 1 aliphatic heterocycles. The number of hydrogen-bond acceptors (Lipinski definition) is 2. The molecule has 1 aliphatic rings. The molecule has 1 N–H and O–H groups in total. The lowest BCUT2D eigenvalue weighted by atomic mass is 10.0. The van der Waals surface area contributed by atoms with Crippen molar-refractivity contribution in [1.82, 2.24) is 10.2 Å². The highest BCUT2D eigenvalue weighted by Gasteiger charge is 2.21. The predicted octanol–water partition coefficient (Wildman–Crippen LogP) is 3.86. The smallest absolute Gasteiger partial charge is 0.0220 e. The molecule has 2 rings (SSSR count). The van der Waals surface area contributed by atoms with Gasteiger partial charge in [-0.05, 0) is 63.7 Å². The molecular formula is C19H32N2. The molecule has 1 unspecified atom stereocenters. The van der Waals surface area contributed by atoms with Crippen LogP contribution in [0.2, 0.25) is 0 Å². The Morgan fingerprint density at radius 3 is 2.81 bits per heavy atom. The maximum Gasteiger partial charge on any atom is 0.0220 e. The molecule has 0 aromatic heterocycles. The summed E-state index contributed by atoms with van der Waals surface area (Å²) < 4.78 is 0. The number of nitrogens with zero attached hydrogens (tertiary/aromatic N) is 1. The lowest BCUT2D eigenvalue weighted by molar-refractivity contribution is 0.143. The molecule has 0 spiro atoms. The van der Waals surface area contributed by atoms with Gasteiger partial charge in [-0.2, -0.15) is 0 Å². The molecule has 1 atom stereocenters. The number of likely N-dealkylation sites (tertiary alicyclic amines) is 1. The third-order valence-electron chi connectivity index (χ3n) is 4.56. The first-order valence-electron chi connectivity index (χ1n) is 8.89. The van der Waals surface area contributed by atoms with Crippen molar-refractivity contribution in [3.8, 4) is 0 Å². The van der Waals surface area contributed by atoms with Crippen LogP contribution in [0, 0.1) is 0 Å². The Bertz CT molecular complexity index is 363. The zero-order valence-corrected chi connectivity index (χ0v) is 13.7. The molecule has 1 fully saturated rings. The van der Waals surface area contributed by atoms with Crippen LogP contribution < -0.4 is 5.32 Å². The maximum absolute atomic E-state index is 3.61. The van der Waals surface area contributed by atoms with E-state index >= 15 is 0 Å². The highest BCUT2D eigenvalue weighted by Crippen LogP contribution is 2.17. The largest absolute Gasteiger partial charge is 0.315 e. The monoisotopic (exact) mass is 288 g/mol. The fourth-order valence-electron chi connectivity index (χ4n) is 3.32. The zero-order valence-electron chi connectivity index (χ0n) is 13.7. The van der Waals surface area contributed by atoms with Crippen LogP contribution in [-0.4, -0.2) is 37.1 Å². The third kappa shape index (κ3) is 6.19. The minimum absolute atomic E-state index is 0.780. The summed E-state index contributed by atoms with van der Waals surface area (Å²) in [6, 6.07) is 11.7. The number of hydrogen-bond donors (Lipinski definition) is 1. The van der Waals surface area contributed by atoms with Crippen LogP contribution in [0.4, 0.5) is 0 Å². The number of unbranched alkanes of at least 4 members (excludes halogenated alkanes) is 1. The van der Waals surface area contributed by atoms with Crippen molar-refractivity contribution in [2.75, 3.05) is 26.2 Å². The normalized spacial score (nSPS) is 19.8. The first-order valence-corrected chi connectivity index (χ1v) is 8.89. The Labute approximate surface area is 130 Å². The van der Waals surface area contributed by atoms with Crippen LogP contribution in [0.15, 0.2) is 30.3 Å². The third-order valence-corrected chi connectivity index (χ3v) is 4.56. The molecule has 2 nitrogen and oxygen atoms in total. The van der Waals surface area contributed by atoms with E-state index in [1.807, 2.05) is 0 Å². The van der Waals surface area contributed by atoms with Crippen LogP contribution >= 0.6 is 0 Å². The number of piperidine rings is 1. The van der Waals surface area contributed by atoms with Crippen molar-refractivity contribution in [2.45, 2.75) is 57.9 Å². The summed E-state index contributed by atoms with van der Waals surface area (Å²) in [7, 11) is 0. The van der Waals surface area contributed by atoms with Gasteiger partial charge < -0.3 is 5.32 Å². The first-order chi connectivity index (χ1) is 10.4. The molecule has 118 valence electrons. The molecule has 1 aromatic carbocycles. The van der Waals surface area contributed by atoms with Crippen molar-refractivity contribution in [1.29, 1.82) is 0 Å². The summed E-state index contributed by atoms with van der Waals surface area (Å²) in [6.07, 6.45) is 9.31. The van der Waals surface area contributed by atoms with Crippen LogP contribution in [0.3, 0.4) is 0 Å². The average Bonchev–Trinajstić information content (AvgIpc) is 2.54. The highest BCUT2D eigenvalue weighted by molar-refractivity contribution is 5.14. The van der Waals surface area contributed by atoms with E-state index in [2.05, 4.69) is 47.5 Å². The fourth-order valence-corrected chi connectivity index (χ4v) is 3.32. The van der Waals surface area contributed by atoms with Gasteiger partial charge in [-0.25, -0.2) is 0 Å². The molecule has 0 saturated carbocycles. The molecule has 21 heavy (non-hydrogen) atoms. The second-order valence-electron chi connectivity index (χ2n) is 6.33. The van der Waals surface area contributed by atoms with Gasteiger partial charge in [0.15, 0.2) is 0 Å². The summed E-state index contributed by atoms with van der Waals surface area (Å²) in [6.45, 7) is 7.19. The number of rotatable bonds is 9. The van der Waals surface area contributed by atoms with E-state index < -0.39 is 0 Å². The summed E-state index contributed by atoms with van der Waals surface area (Å²) in [5.74, 6) is 0. The second-order valence-corrected chi connectivity index (χ2v) is 6.33. The van der Waals surface area contributed by atoms with Gasteiger partial charge in [-0.1, -0.05) is 43.7 Å². The van der Waals surface area contributed by atoms with Gasteiger partial charge in [0.2, 0.25) is 0 Å². The van der Waals surface area contributed by atoms with Crippen molar-refractivity contribution in [2.24, 2.45) is 0 Å². The molecular weight excluding hydrogens is 256 g/mol. The first kappa shape index (κ1) is 16.5. The van der Waals surface area contributed by atoms with Crippen molar-refractivity contribution in [3.05, 3.63) is 35.9 Å². The van der Waals surface area contributed by atoms with Crippen LogP contribution in [0.5, 0.6) is 0 Å². The predicted molar refractivity (Wildman–Crippen MR) is 91.8 cm³/mol. The molecule has 2 heteroatoms. The molecule has 1 heterocycles. The van der Waals surface area contributed by atoms with Gasteiger partial charge in [0.25, 0.3) is 0 Å². The summed E-state index contributed by atoms with van der Waals surface area (Å²) >= 11 is 0. The van der Waals surface area contributed by atoms with Gasteiger partial charge >= 0.3 is 0 Å². The average molecular weight is 288 g/mol. The molecule has 1 aromatic rings. The summed E-state index contributed by atoms with van der Waals surface area (Å²) in [5.41, 5.74) is 1.48.